The average Bonchev–Trinajstić information content (AvgIpc) is 3.08. The molecule has 1 nitrogen and oxygen atoms in total. The van der Waals surface area contributed by atoms with Crippen LogP contribution in [0.5, 0.6) is 0 Å². The standard InChI is InChI=1S/C13H15F3OS/c14-13(15,16)18-11-6-4-10(5-7-11)12(17)8-3-9-1-2-9/h4-7,9,12,17H,1-3,8H2. The molecule has 18 heavy (non-hydrogen) atoms. The fourth-order valence-electron chi connectivity index (χ4n) is 1.86. The first kappa shape index (κ1) is 13.7. The highest BCUT2D eigenvalue weighted by Crippen LogP contribution is 2.38. The lowest BCUT2D eigenvalue weighted by atomic mass is 10.0. The SMILES string of the molecule is OC(CCC1CC1)c1ccc(SC(F)(F)F)cc1. The summed E-state index contributed by atoms with van der Waals surface area (Å²) in [6.07, 6.45) is 3.62. The second-order valence-corrected chi connectivity index (χ2v) is 5.79. The predicted molar refractivity (Wildman–Crippen MR) is 65.3 cm³/mol. The van der Waals surface area contributed by atoms with Crippen molar-refractivity contribution in [2.45, 2.75) is 42.2 Å². The summed E-state index contributed by atoms with van der Waals surface area (Å²) in [5.41, 5.74) is -3.56. The number of aliphatic hydroxyl groups is 1. The van der Waals surface area contributed by atoms with Gasteiger partial charge in [0, 0.05) is 4.90 Å². The summed E-state index contributed by atoms with van der Waals surface area (Å²) in [5.74, 6) is 0.750. The van der Waals surface area contributed by atoms with Gasteiger partial charge < -0.3 is 5.11 Å². The van der Waals surface area contributed by atoms with Crippen LogP contribution in [0.4, 0.5) is 13.2 Å². The van der Waals surface area contributed by atoms with E-state index in [0.717, 1.165) is 12.3 Å². The van der Waals surface area contributed by atoms with Crippen LogP contribution in [-0.4, -0.2) is 10.6 Å². The highest BCUT2D eigenvalue weighted by Gasteiger charge is 2.29. The van der Waals surface area contributed by atoms with E-state index in [9.17, 15) is 18.3 Å². The summed E-state index contributed by atoms with van der Waals surface area (Å²) in [5, 5.41) is 9.89. The van der Waals surface area contributed by atoms with E-state index in [1.807, 2.05) is 0 Å². The normalized spacial score (nSPS) is 17.8. The molecule has 1 aliphatic rings. The molecule has 1 aromatic carbocycles. The second-order valence-electron chi connectivity index (χ2n) is 4.65. The molecule has 100 valence electrons. The Morgan fingerprint density at radius 2 is 1.83 bits per heavy atom. The molecule has 0 amide bonds. The number of thioether (sulfide) groups is 1. The summed E-state index contributed by atoms with van der Waals surface area (Å²) in [4.78, 5) is 0.153. The van der Waals surface area contributed by atoms with Gasteiger partial charge in [0.2, 0.25) is 0 Å². The van der Waals surface area contributed by atoms with E-state index in [1.165, 1.54) is 25.0 Å². The first-order valence-electron chi connectivity index (χ1n) is 5.98. The van der Waals surface area contributed by atoms with Gasteiger partial charge in [0.15, 0.2) is 0 Å². The molecule has 1 aromatic rings. The lowest BCUT2D eigenvalue weighted by molar-refractivity contribution is -0.0328. The van der Waals surface area contributed by atoms with Crippen LogP contribution in [0.15, 0.2) is 29.2 Å². The molecule has 0 aromatic heterocycles. The summed E-state index contributed by atoms with van der Waals surface area (Å²) < 4.78 is 36.4. The minimum Gasteiger partial charge on any atom is -0.388 e. The average molecular weight is 276 g/mol. The van der Waals surface area contributed by atoms with Crippen LogP contribution in [0.25, 0.3) is 0 Å². The quantitative estimate of drug-likeness (QED) is 0.798. The van der Waals surface area contributed by atoms with Gasteiger partial charge in [0.05, 0.1) is 6.10 Å². The Balaban J connectivity index is 1.89. The van der Waals surface area contributed by atoms with Gasteiger partial charge in [-0.3, -0.25) is 0 Å². The molecule has 2 rings (SSSR count). The highest BCUT2D eigenvalue weighted by atomic mass is 32.2. The van der Waals surface area contributed by atoms with E-state index in [-0.39, 0.29) is 16.7 Å². The van der Waals surface area contributed by atoms with E-state index >= 15 is 0 Å². The fraction of sp³-hybridized carbons (Fsp3) is 0.538. The summed E-state index contributed by atoms with van der Waals surface area (Å²) in [6.45, 7) is 0. The molecule has 1 atom stereocenters. The number of benzene rings is 1. The Kier molecular flexibility index (Phi) is 4.22. The van der Waals surface area contributed by atoms with Gasteiger partial charge in [0.25, 0.3) is 0 Å². The van der Waals surface area contributed by atoms with E-state index in [2.05, 4.69) is 0 Å². The van der Waals surface area contributed by atoms with Crippen LogP contribution in [0.2, 0.25) is 0 Å². The topological polar surface area (TPSA) is 20.2 Å². The lowest BCUT2D eigenvalue weighted by Gasteiger charge is -2.11. The van der Waals surface area contributed by atoms with E-state index in [0.29, 0.717) is 12.0 Å². The second kappa shape index (κ2) is 5.53. The Morgan fingerprint density at radius 3 is 2.33 bits per heavy atom. The van der Waals surface area contributed by atoms with Crippen molar-refractivity contribution in [3.8, 4) is 0 Å². The van der Waals surface area contributed by atoms with Crippen LogP contribution in [0.1, 0.15) is 37.4 Å². The van der Waals surface area contributed by atoms with Crippen LogP contribution in [-0.2, 0) is 0 Å². The van der Waals surface area contributed by atoms with Crippen LogP contribution in [0.3, 0.4) is 0 Å². The number of alkyl halides is 3. The number of rotatable bonds is 5. The Morgan fingerprint density at radius 1 is 1.22 bits per heavy atom. The largest absolute Gasteiger partial charge is 0.446 e. The maximum absolute atomic E-state index is 12.1. The third-order valence-electron chi connectivity index (χ3n) is 3.04. The number of hydrogen-bond acceptors (Lipinski definition) is 2. The number of hydrogen-bond donors (Lipinski definition) is 1. The van der Waals surface area contributed by atoms with Gasteiger partial charge in [-0.05, 0) is 48.2 Å². The maximum atomic E-state index is 12.1. The van der Waals surface area contributed by atoms with Crippen LogP contribution < -0.4 is 0 Å². The van der Waals surface area contributed by atoms with Crippen molar-refractivity contribution in [2.75, 3.05) is 0 Å². The van der Waals surface area contributed by atoms with E-state index in [1.54, 1.807) is 12.1 Å². The smallest absolute Gasteiger partial charge is 0.388 e. The maximum Gasteiger partial charge on any atom is 0.446 e. The van der Waals surface area contributed by atoms with Crippen molar-refractivity contribution in [3.63, 3.8) is 0 Å². The molecule has 1 N–H and O–H groups in total. The van der Waals surface area contributed by atoms with E-state index < -0.39 is 11.6 Å². The molecule has 0 saturated heterocycles. The molecule has 0 aliphatic heterocycles. The Bertz CT molecular complexity index is 384. The first-order chi connectivity index (χ1) is 8.44. The molecule has 0 bridgehead atoms. The molecule has 1 fully saturated rings. The zero-order valence-electron chi connectivity index (χ0n) is 9.78. The van der Waals surface area contributed by atoms with Crippen molar-refractivity contribution in [1.82, 2.24) is 0 Å². The third kappa shape index (κ3) is 4.53. The van der Waals surface area contributed by atoms with Crippen molar-refractivity contribution in [1.29, 1.82) is 0 Å². The van der Waals surface area contributed by atoms with Gasteiger partial charge in [-0.1, -0.05) is 25.0 Å². The molecule has 0 spiro atoms. The number of halogens is 3. The van der Waals surface area contributed by atoms with Crippen LogP contribution >= 0.6 is 11.8 Å². The third-order valence-corrected chi connectivity index (χ3v) is 3.78. The predicted octanol–water partition coefficient (Wildman–Crippen LogP) is 4.52. The molecule has 0 radical (unpaired) electrons. The zero-order valence-corrected chi connectivity index (χ0v) is 10.6. The molecule has 1 saturated carbocycles. The molecular formula is C13H15F3OS. The highest BCUT2D eigenvalue weighted by molar-refractivity contribution is 8.00. The molecular weight excluding hydrogens is 261 g/mol. The Labute approximate surface area is 108 Å². The van der Waals surface area contributed by atoms with Crippen molar-refractivity contribution in [2.24, 2.45) is 5.92 Å². The monoisotopic (exact) mass is 276 g/mol. The molecule has 5 heteroatoms. The Hall–Kier alpha value is -0.680. The summed E-state index contributed by atoms with van der Waals surface area (Å²) >= 11 is -0.132. The fourth-order valence-corrected chi connectivity index (χ4v) is 2.40. The summed E-state index contributed by atoms with van der Waals surface area (Å²) in [6, 6.07) is 5.97. The van der Waals surface area contributed by atoms with Gasteiger partial charge in [-0.2, -0.15) is 13.2 Å². The van der Waals surface area contributed by atoms with E-state index in [4.69, 9.17) is 0 Å². The minimum atomic E-state index is -4.26. The van der Waals surface area contributed by atoms with Crippen molar-refractivity contribution >= 4 is 11.8 Å². The molecule has 1 aliphatic carbocycles. The molecule has 0 heterocycles. The van der Waals surface area contributed by atoms with Gasteiger partial charge in [-0.15, -0.1) is 0 Å². The van der Waals surface area contributed by atoms with Gasteiger partial charge in [0.1, 0.15) is 0 Å². The number of aliphatic hydroxyl groups excluding tert-OH is 1. The van der Waals surface area contributed by atoms with Crippen LogP contribution in [0, 0.1) is 5.92 Å². The lowest BCUT2D eigenvalue weighted by Crippen LogP contribution is -2.00. The molecule has 1 unspecified atom stereocenters. The van der Waals surface area contributed by atoms with Crippen molar-refractivity contribution in [3.05, 3.63) is 29.8 Å². The van der Waals surface area contributed by atoms with Gasteiger partial charge in [-0.25, -0.2) is 0 Å². The van der Waals surface area contributed by atoms with Gasteiger partial charge >= 0.3 is 5.51 Å². The summed E-state index contributed by atoms with van der Waals surface area (Å²) in [7, 11) is 0. The minimum absolute atomic E-state index is 0.132. The van der Waals surface area contributed by atoms with Crippen molar-refractivity contribution < 1.29 is 18.3 Å². The first-order valence-corrected chi connectivity index (χ1v) is 6.79. The zero-order chi connectivity index (χ0) is 13.2.